The van der Waals surface area contributed by atoms with Crippen LogP contribution in [0, 0.1) is 5.92 Å². The molecule has 0 atom stereocenters. The number of likely N-dealkylation sites (tertiary alicyclic amines) is 1. The van der Waals surface area contributed by atoms with Crippen molar-refractivity contribution in [3.05, 3.63) is 65.3 Å². The van der Waals surface area contributed by atoms with Crippen molar-refractivity contribution in [3.8, 4) is 11.3 Å². The second-order valence-electron chi connectivity index (χ2n) is 6.76. The topological polar surface area (TPSA) is 77.1 Å². The van der Waals surface area contributed by atoms with Crippen molar-refractivity contribution in [3.63, 3.8) is 0 Å². The van der Waals surface area contributed by atoms with Gasteiger partial charge in [0.1, 0.15) is 6.26 Å². The molecule has 0 saturated carbocycles. The van der Waals surface area contributed by atoms with Gasteiger partial charge in [-0.05, 0) is 44.0 Å². The number of aromatic nitrogens is 4. The van der Waals surface area contributed by atoms with Crippen molar-refractivity contribution in [1.29, 1.82) is 0 Å². The zero-order chi connectivity index (χ0) is 17.8. The first-order chi connectivity index (χ1) is 12.8. The zero-order valence-corrected chi connectivity index (χ0v) is 14.5. The molecule has 1 fully saturated rings. The maximum atomic E-state index is 12.4. The summed E-state index contributed by atoms with van der Waals surface area (Å²) < 4.78 is 6.61. The Balaban J connectivity index is 1.35. The fraction of sp³-hybridized carbons (Fsp3) is 0.368. The smallest absolute Gasteiger partial charge is 0.253 e. The average molecular weight is 351 g/mol. The highest BCUT2D eigenvalue weighted by Gasteiger charge is 2.20. The third kappa shape index (κ3) is 3.88. The van der Waals surface area contributed by atoms with Crippen molar-refractivity contribution in [2.75, 3.05) is 13.1 Å². The molecule has 0 radical (unpaired) electrons. The van der Waals surface area contributed by atoms with E-state index in [1.165, 1.54) is 0 Å². The lowest BCUT2D eigenvalue weighted by atomic mass is 9.96. The molecular weight excluding hydrogens is 330 g/mol. The maximum absolute atomic E-state index is 12.4. The Morgan fingerprint density at radius 2 is 2.12 bits per heavy atom. The first-order valence-corrected chi connectivity index (χ1v) is 8.85. The van der Waals surface area contributed by atoms with E-state index in [-0.39, 0.29) is 5.56 Å². The second kappa shape index (κ2) is 7.61. The summed E-state index contributed by atoms with van der Waals surface area (Å²) in [6, 6.07) is 5.35. The Bertz CT molecular complexity index is 884. The van der Waals surface area contributed by atoms with Crippen molar-refractivity contribution >= 4 is 0 Å². The van der Waals surface area contributed by atoms with Crippen LogP contribution in [0.1, 0.15) is 18.4 Å². The largest absolute Gasteiger partial charge is 0.364 e. The van der Waals surface area contributed by atoms with Crippen molar-refractivity contribution in [1.82, 2.24) is 24.6 Å². The molecule has 26 heavy (non-hydrogen) atoms. The van der Waals surface area contributed by atoms with E-state index in [4.69, 9.17) is 4.52 Å². The van der Waals surface area contributed by atoms with Crippen LogP contribution in [0.3, 0.4) is 0 Å². The van der Waals surface area contributed by atoms with Crippen molar-refractivity contribution < 1.29 is 4.52 Å². The van der Waals surface area contributed by atoms with Gasteiger partial charge in [-0.2, -0.15) is 0 Å². The molecule has 4 rings (SSSR count). The molecule has 1 aliphatic heterocycles. The highest BCUT2D eigenvalue weighted by molar-refractivity contribution is 5.56. The predicted octanol–water partition coefficient (Wildman–Crippen LogP) is 2.21. The summed E-state index contributed by atoms with van der Waals surface area (Å²) in [4.78, 5) is 23.3. The standard InChI is InChI=1S/C19H21N5O2/c25-19-8-18(17-2-1-5-20-10-17)21-14-24(19)12-15-3-6-23(7-4-15)11-16-9-22-26-13-16/h1-2,5,8-10,13-15H,3-4,6-7,11-12H2. The Hall–Kier alpha value is -2.80. The predicted molar refractivity (Wildman–Crippen MR) is 96.2 cm³/mol. The van der Waals surface area contributed by atoms with Gasteiger partial charge < -0.3 is 4.52 Å². The van der Waals surface area contributed by atoms with E-state index in [1.807, 2.05) is 12.1 Å². The molecule has 0 aromatic carbocycles. The summed E-state index contributed by atoms with van der Waals surface area (Å²) in [6.45, 7) is 3.63. The molecule has 0 amide bonds. The lowest BCUT2D eigenvalue weighted by Gasteiger charge is -2.31. The highest BCUT2D eigenvalue weighted by Crippen LogP contribution is 2.20. The first kappa shape index (κ1) is 16.7. The third-order valence-corrected chi connectivity index (χ3v) is 4.89. The minimum atomic E-state index is -0.00856. The fourth-order valence-corrected chi connectivity index (χ4v) is 3.40. The Labute approximate surface area is 151 Å². The molecule has 7 heteroatoms. The summed E-state index contributed by atoms with van der Waals surface area (Å²) in [5, 5.41) is 3.75. The SMILES string of the molecule is O=c1cc(-c2cccnc2)ncn1CC1CCN(Cc2cnoc2)CC1. The van der Waals surface area contributed by atoms with Gasteiger partial charge >= 0.3 is 0 Å². The number of hydrogen-bond donors (Lipinski definition) is 0. The number of rotatable bonds is 5. The van der Waals surface area contributed by atoms with Crippen LogP contribution in [-0.2, 0) is 13.1 Å². The Kier molecular flexibility index (Phi) is 4.88. The Morgan fingerprint density at radius 1 is 1.23 bits per heavy atom. The molecule has 134 valence electrons. The molecule has 3 aromatic heterocycles. The third-order valence-electron chi connectivity index (χ3n) is 4.89. The van der Waals surface area contributed by atoms with Gasteiger partial charge in [0, 0.05) is 42.7 Å². The number of piperidine rings is 1. The molecule has 0 spiro atoms. The quantitative estimate of drug-likeness (QED) is 0.701. The van der Waals surface area contributed by atoms with E-state index in [9.17, 15) is 4.79 Å². The summed E-state index contributed by atoms with van der Waals surface area (Å²) in [5.74, 6) is 0.498. The molecule has 0 bridgehead atoms. The number of hydrogen-bond acceptors (Lipinski definition) is 6. The van der Waals surface area contributed by atoms with E-state index < -0.39 is 0 Å². The first-order valence-electron chi connectivity index (χ1n) is 8.85. The van der Waals surface area contributed by atoms with Crippen molar-refractivity contribution in [2.45, 2.75) is 25.9 Å². The molecule has 0 aliphatic carbocycles. The summed E-state index contributed by atoms with van der Waals surface area (Å²) in [5.41, 5.74) is 2.63. The van der Waals surface area contributed by atoms with Crippen LogP contribution in [0.25, 0.3) is 11.3 Å². The van der Waals surface area contributed by atoms with Gasteiger partial charge in [0.2, 0.25) is 0 Å². The van der Waals surface area contributed by atoms with Gasteiger partial charge in [0.05, 0.1) is 18.2 Å². The van der Waals surface area contributed by atoms with Crippen LogP contribution in [0.5, 0.6) is 0 Å². The van der Waals surface area contributed by atoms with Crippen LogP contribution in [0.4, 0.5) is 0 Å². The van der Waals surface area contributed by atoms with Crippen molar-refractivity contribution in [2.24, 2.45) is 5.92 Å². The van der Waals surface area contributed by atoms with E-state index in [0.29, 0.717) is 11.6 Å². The molecule has 0 unspecified atom stereocenters. The van der Waals surface area contributed by atoms with Gasteiger partial charge in [-0.25, -0.2) is 4.98 Å². The van der Waals surface area contributed by atoms with Crippen LogP contribution in [0.2, 0.25) is 0 Å². The Morgan fingerprint density at radius 3 is 2.81 bits per heavy atom. The minimum absolute atomic E-state index is 0.00856. The maximum Gasteiger partial charge on any atom is 0.253 e. The van der Waals surface area contributed by atoms with Crippen LogP contribution in [0.15, 0.2) is 58.7 Å². The zero-order valence-electron chi connectivity index (χ0n) is 14.5. The second-order valence-corrected chi connectivity index (χ2v) is 6.76. The van der Waals surface area contributed by atoms with Crippen LogP contribution < -0.4 is 5.56 Å². The molecule has 0 N–H and O–H groups in total. The van der Waals surface area contributed by atoms with Gasteiger partial charge in [-0.3, -0.25) is 19.2 Å². The van der Waals surface area contributed by atoms with E-state index in [0.717, 1.165) is 50.1 Å². The summed E-state index contributed by atoms with van der Waals surface area (Å²) in [7, 11) is 0. The normalized spacial score (nSPS) is 16.0. The van der Waals surface area contributed by atoms with Gasteiger partial charge in [-0.1, -0.05) is 5.16 Å². The molecule has 1 aliphatic rings. The molecule has 4 heterocycles. The van der Waals surface area contributed by atoms with E-state index in [1.54, 1.807) is 41.8 Å². The summed E-state index contributed by atoms with van der Waals surface area (Å²) in [6.07, 6.45) is 10.7. The highest BCUT2D eigenvalue weighted by atomic mass is 16.5. The van der Waals surface area contributed by atoms with Gasteiger partial charge in [0.15, 0.2) is 0 Å². The van der Waals surface area contributed by atoms with Gasteiger partial charge in [-0.15, -0.1) is 0 Å². The lowest BCUT2D eigenvalue weighted by molar-refractivity contribution is 0.166. The van der Waals surface area contributed by atoms with Crippen LogP contribution >= 0.6 is 0 Å². The average Bonchev–Trinajstić information content (AvgIpc) is 3.19. The lowest BCUT2D eigenvalue weighted by Crippen LogP contribution is -2.35. The summed E-state index contributed by atoms with van der Waals surface area (Å²) >= 11 is 0. The van der Waals surface area contributed by atoms with Gasteiger partial charge in [0.25, 0.3) is 5.56 Å². The molecule has 3 aromatic rings. The fourth-order valence-electron chi connectivity index (χ4n) is 3.40. The molecular formula is C19H21N5O2. The van der Waals surface area contributed by atoms with Crippen LogP contribution in [-0.4, -0.2) is 37.7 Å². The molecule has 7 nitrogen and oxygen atoms in total. The minimum Gasteiger partial charge on any atom is -0.364 e. The monoisotopic (exact) mass is 351 g/mol. The van der Waals surface area contributed by atoms with E-state index in [2.05, 4.69) is 20.0 Å². The molecule has 1 saturated heterocycles. The van der Waals surface area contributed by atoms with E-state index >= 15 is 0 Å². The number of pyridine rings is 1. The number of nitrogens with zero attached hydrogens (tertiary/aromatic N) is 5.